The fourth-order valence-electron chi connectivity index (χ4n) is 4.29. The summed E-state index contributed by atoms with van der Waals surface area (Å²) in [6, 6.07) is 2.49. The molecular weight excluding hydrogens is 302 g/mol. The second-order valence-electron chi connectivity index (χ2n) is 6.69. The van der Waals surface area contributed by atoms with Crippen LogP contribution in [0.5, 0.6) is 0 Å². The minimum atomic E-state index is 0.426. The molecule has 2 bridgehead atoms. The van der Waals surface area contributed by atoms with Crippen molar-refractivity contribution in [1.29, 1.82) is 0 Å². The summed E-state index contributed by atoms with van der Waals surface area (Å²) in [7, 11) is 0. The van der Waals surface area contributed by atoms with Crippen LogP contribution in [-0.4, -0.2) is 16.0 Å². The Hall–Kier alpha value is -0.870. The van der Waals surface area contributed by atoms with E-state index in [1.165, 1.54) is 30.6 Å². The van der Waals surface area contributed by atoms with Gasteiger partial charge in [-0.3, -0.25) is 0 Å². The number of nitrogens with zero attached hydrogens (tertiary/aromatic N) is 2. The number of aryl methyl sites for hydroxylation is 1. The molecule has 4 atom stereocenters. The van der Waals surface area contributed by atoms with Crippen molar-refractivity contribution >= 4 is 39.1 Å². The predicted molar refractivity (Wildman–Crippen MR) is 89.2 cm³/mol. The normalized spacial score (nSPS) is 29.2. The van der Waals surface area contributed by atoms with Gasteiger partial charge in [0.15, 0.2) is 0 Å². The molecule has 0 spiro atoms. The van der Waals surface area contributed by atoms with Gasteiger partial charge in [-0.05, 0) is 56.9 Å². The maximum atomic E-state index is 6.30. The third-order valence-corrected chi connectivity index (χ3v) is 6.49. The summed E-state index contributed by atoms with van der Waals surface area (Å²) in [5, 5.41) is 5.04. The van der Waals surface area contributed by atoms with Crippen LogP contribution in [0.2, 0.25) is 5.15 Å². The van der Waals surface area contributed by atoms with Crippen LogP contribution in [0.4, 0.5) is 5.95 Å². The summed E-state index contributed by atoms with van der Waals surface area (Å²) in [5.41, 5.74) is 0. The van der Waals surface area contributed by atoms with Crippen LogP contribution < -0.4 is 5.32 Å². The van der Waals surface area contributed by atoms with E-state index in [1.54, 1.807) is 11.3 Å². The van der Waals surface area contributed by atoms with Gasteiger partial charge in [0.1, 0.15) is 9.98 Å². The fourth-order valence-corrected chi connectivity index (χ4v) is 5.45. The summed E-state index contributed by atoms with van der Waals surface area (Å²) < 4.78 is 0. The fraction of sp³-hybridized carbons (Fsp3) is 0.625. The lowest BCUT2D eigenvalue weighted by molar-refractivity contribution is 0.303. The van der Waals surface area contributed by atoms with Gasteiger partial charge >= 0.3 is 0 Å². The van der Waals surface area contributed by atoms with Crippen molar-refractivity contribution in [2.45, 2.75) is 45.6 Å². The minimum Gasteiger partial charge on any atom is -0.351 e. The van der Waals surface area contributed by atoms with Gasteiger partial charge in [0.2, 0.25) is 5.95 Å². The van der Waals surface area contributed by atoms with Crippen LogP contribution in [0, 0.1) is 24.7 Å². The van der Waals surface area contributed by atoms with E-state index in [9.17, 15) is 0 Å². The molecule has 0 aliphatic heterocycles. The first-order valence-corrected chi connectivity index (χ1v) is 9.00. The number of aromatic nitrogens is 2. The van der Waals surface area contributed by atoms with Crippen LogP contribution in [0.1, 0.15) is 37.5 Å². The van der Waals surface area contributed by atoms with Crippen molar-refractivity contribution in [3.05, 3.63) is 16.1 Å². The molecule has 0 amide bonds. The molecule has 1 N–H and O–H groups in total. The molecule has 5 heteroatoms. The highest BCUT2D eigenvalue weighted by atomic mass is 35.5. The third kappa shape index (κ3) is 2.42. The molecule has 0 radical (unpaired) electrons. The molecule has 2 aromatic heterocycles. The average molecular weight is 322 g/mol. The lowest BCUT2D eigenvalue weighted by Gasteiger charge is -2.28. The third-order valence-electron chi connectivity index (χ3n) is 5.26. The number of thiophene rings is 1. The van der Waals surface area contributed by atoms with Gasteiger partial charge in [0, 0.05) is 16.3 Å². The number of halogens is 1. The van der Waals surface area contributed by atoms with E-state index < -0.39 is 0 Å². The summed E-state index contributed by atoms with van der Waals surface area (Å²) in [6.07, 6.45) is 5.65. The van der Waals surface area contributed by atoms with E-state index in [4.69, 9.17) is 11.6 Å². The van der Waals surface area contributed by atoms with Crippen LogP contribution >= 0.6 is 22.9 Å². The monoisotopic (exact) mass is 321 g/mol. The number of nitrogens with one attached hydrogen (secondary N) is 1. The average Bonchev–Trinajstić information content (AvgIpc) is 3.12. The molecule has 2 fully saturated rings. The van der Waals surface area contributed by atoms with E-state index in [2.05, 4.69) is 35.2 Å². The van der Waals surface area contributed by atoms with Crippen LogP contribution in [-0.2, 0) is 0 Å². The van der Waals surface area contributed by atoms with Crippen molar-refractivity contribution in [3.8, 4) is 0 Å². The summed E-state index contributed by atoms with van der Waals surface area (Å²) >= 11 is 7.97. The Balaban J connectivity index is 1.56. The molecule has 2 aliphatic carbocycles. The summed E-state index contributed by atoms with van der Waals surface area (Å²) in [6.45, 7) is 4.35. The highest BCUT2D eigenvalue weighted by molar-refractivity contribution is 7.18. The van der Waals surface area contributed by atoms with Gasteiger partial charge in [-0.25, -0.2) is 9.97 Å². The van der Waals surface area contributed by atoms with Crippen molar-refractivity contribution in [2.24, 2.45) is 17.8 Å². The maximum Gasteiger partial charge on any atom is 0.225 e. The van der Waals surface area contributed by atoms with Crippen molar-refractivity contribution in [1.82, 2.24) is 9.97 Å². The van der Waals surface area contributed by atoms with E-state index in [1.807, 2.05) is 0 Å². The summed E-state index contributed by atoms with van der Waals surface area (Å²) in [5.74, 6) is 3.33. The van der Waals surface area contributed by atoms with Gasteiger partial charge in [-0.2, -0.15) is 0 Å². The Kier molecular flexibility index (Phi) is 3.34. The summed E-state index contributed by atoms with van der Waals surface area (Å²) in [4.78, 5) is 11.3. The first kappa shape index (κ1) is 13.8. The van der Waals surface area contributed by atoms with Gasteiger partial charge in [-0.15, -0.1) is 11.3 Å². The maximum absolute atomic E-state index is 6.30. The smallest absolute Gasteiger partial charge is 0.225 e. The zero-order chi connectivity index (χ0) is 14.6. The quantitative estimate of drug-likeness (QED) is 0.818. The largest absolute Gasteiger partial charge is 0.351 e. The molecule has 2 aromatic rings. The van der Waals surface area contributed by atoms with E-state index in [0.717, 1.165) is 28.0 Å². The number of fused-ring (bicyclic) bond motifs is 3. The molecule has 3 nitrogen and oxygen atoms in total. The Bertz CT molecular complexity index is 683. The molecular formula is C16H20ClN3S. The molecule has 0 saturated heterocycles. The highest BCUT2D eigenvalue weighted by Crippen LogP contribution is 2.49. The van der Waals surface area contributed by atoms with Crippen LogP contribution in [0.15, 0.2) is 6.07 Å². The lowest BCUT2D eigenvalue weighted by atomic mass is 9.84. The van der Waals surface area contributed by atoms with Crippen molar-refractivity contribution in [3.63, 3.8) is 0 Å². The lowest BCUT2D eigenvalue weighted by Crippen LogP contribution is -2.30. The Morgan fingerprint density at radius 2 is 2.19 bits per heavy atom. The van der Waals surface area contributed by atoms with E-state index in [-0.39, 0.29) is 0 Å². The van der Waals surface area contributed by atoms with Crippen molar-refractivity contribution < 1.29 is 0 Å². The zero-order valence-corrected chi connectivity index (χ0v) is 14.0. The Morgan fingerprint density at radius 1 is 1.33 bits per heavy atom. The first-order valence-electron chi connectivity index (χ1n) is 7.80. The Labute approximate surface area is 134 Å². The van der Waals surface area contributed by atoms with Gasteiger partial charge in [0.05, 0.1) is 0 Å². The molecule has 2 saturated carbocycles. The Morgan fingerprint density at radius 3 is 2.90 bits per heavy atom. The standard InChI is InChI=1S/C16H20ClN3S/c1-8-5-13-14(17)19-16(20-15(13)21-8)18-9(2)12-7-10-3-4-11(12)6-10/h5,9-12H,3-4,6-7H2,1-2H3,(H,18,19,20). The number of anilines is 1. The predicted octanol–water partition coefficient (Wildman–Crippen LogP) is 4.89. The molecule has 21 heavy (non-hydrogen) atoms. The van der Waals surface area contributed by atoms with Gasteiger partial charge < -0.3 is 5.32 Å². The van der Waals surface area contributed by atoms with Crippen LogP contribution in [0.25, 0.3) is 10.2 Å². The first-order chi connectivity index (χ1) is 10.1. The number of hydrogen-bond acceptors (Lipinski definition) is 4. The molecule has 112 valence electrons. The second-order valence-corrected chi connectivity index (χ2v) is 8.28. The molecule has 4 unspecified atom stereocenters. The molecule has 4 rings (SSSR count). The number of rotatable bonds is 3. The second kappa shape index (κ2) is 5.10. The van der Waals surface area contributed by atoms with E-state index >= 15 is 0 Å². The van der Waals surface area contributed by atoms with Gasteiger partial charge in [-0.1, -0.05) is 18.0 Å². The van der Waals surface area contributed by atoms with E-state index in [0.29, 0.717) is 17.1 Å². The number of hydrogen-bond donors (Lipinski definition) is 1. The van der Waals surface area contributed by atoms with Crippen LogP contribution in [0.3, 0.4) is 0 Å². The molecule has 2 heterocycles. The minimum absolute atomic E-state index is 0.426. The SMILES string of the molecule is Cc1cc2c(Cl)nc(NC(C)C3CC4CCC3C4)nc2s1. The van der Waals surface area contributed by atoms with Crippen molar-refractivity contribution in [2.75, 3.05) is 5.32 Å². The molecule has 0 aromatic carbocycles. The van der Waals surface area contributed by atoms with Gasteiger partial charge in [0.25, 0.3) is 0 Å². The molecule has 2 aliphatic rings. The topological polar surface area (TPSA) is 37.8 Å². The zero-order valence-electron chi connectivity index (χ0n) is 12.4. The highest BCUT2D eigenvalue weighted by Gasteiger charge is 2.41.